The van der Waals surface area contributed by atoms with Gasteiger partial charge in [-0.15, -0.1) is 0 Å². The molecular weight excluding hydrogens is 160 g/mol. The van der Waals surface area contributed by atoms with Gasteiger partial charge < -0.3 is 5.11 Å². The number of hydrogen-bond acceptors (Lipinski definition) is 1. The van der Waals surface area contributed by atoms with Gasteiger partial charge in [0.05, 0.1) is 6.10 Å². The zero-order valence-electron chi connectivity index (χ0n) is 9.93. The fraction of sp³-hybridized carbons (Fsp3) is 1.00. The van der Waals surface area contributed by atoms with Crippen LogP contribution in [0.1, 0.15) is 60.3 Å². The Kier molecular flexibility index (Phi) is 5.62. The van der Waals surface area contributed by atoms with E-state index in [0.29, 0.717) is 5.92 Å². The minimum absolute atomic E-state index is 0.118. The molecule has 1 N–H and O–H groups in total. The van der Waals surface area contributed by atoms with Crippen LogP contribution in [0.25, 0.3) is 0 Å². The van der Waals surface area contributed by atoms with Gasteiger partial charge in [0.15, 0.2) is 0 Å². The van der Waals surface area contributed by atoms with E-state index in [9.17, 15) is 5.11 Å². The molecule has 0 radical (unpaired) electrons. The molecule has 0 aromatic carbocycles. The third kappa shape index (κ3) is 2.70. The zero-order valence-corrected chi connectivity index (χ0v) is 9.93. The summed E-state index contributed by atoms with van der Waals surface area (Å²) in [6, 6.07) is 0. The summed E-state index contributed by atoms with van der Waals surface area (Å²) in [5.41, 5.74) is 0.149. The van der Waals surface area contributed by atoms with Gasteiger partial charge in [-0.25, -0.2) is 0 Å². The van der Waals surface area contributed by atoms with Gasteiger partial charge in [-0.2, -0.15) is 0 Å². The van der Waals surface area contributed by atoms with Crippen LogP contribution in [0.5, 0.6) is 0 Å². The van der Waals surface area contributed by atoms with Crippen molar-refractivity contribution in [3.8, 4) is 0 Å². The molecule has 0 amide bonds. The van der Waals surface area contributed by atoms with E-state index < -0.39 is 0 Å². The van der Waals surface area contributed by atoms with Crippen molar-refractivity contribution in [2.24, 2.45) is 11.3 Å². The molecule has 80 valence electrons. The number of rotatable bonds is 6. The smallest absolute Gasteiger partial charge is 0.0598 e. The Morgan fingerprint density at radius 2 is 1.54 bits per heavy atom. The van der Waals surface area contributed by atoms with Gasteiger partial charge in [0, 0.05) is 0 Å². The van der Waals surface area contributed by atoms with Gasteiger partial charge >= 0.3 is 0 Å². The van der Waals surface area contributed by atoms with Crippen molar-refractivity contribution in [2.45, 2.75) is 66.4 Å². The Morgan fingerprint density at radius 3 is 1.77 bits per heavy atom. The highest BCUT2D eigenvalue weighted by molar-refractivity contribution is 4.86. The molecule has 0 saturated carbocycles. The first-order valence-corrected chi connectivity index (χ1v) is 5.73. The third-order valence-electron chi connectivity index (χ3n) is 3.69. The van der Waals surface area contributed by atoms with Crippen molar-refractivity contribution < 1.29 is 5.11 Å². The molecule has 0 spiro atoms. The molecule has 0 aliphatic carbocycles. The van der Waals surface area contributed by atoms with E-state index in [4.69, 9.17) is 0 Å². The van der Waals surface area contributed by atoms with Gasteiger partial charge in [-0.05, 0) is 30.6 Å². The van der Waals surface area contributed by atoms with Crippen LogP contribution in [0.3, 0.4) is 0 Å². The summed E-state index contributed by atoms with van der Waals surface area (Å²) in [4.78, 5) is 0. The van der Waals surface area contributed by atoms with Crippen LogP contribution in [0.4, 0.5) is 0 Å². The highest BCUT2D eigenvalue weighted by Crippen LogP contribution is 2.40. The summed E-state index contributed by atoms with van der Waals surface area (Å²) < 4.78 is 0. The summed E-state index contributed by atoms with van der Waals surface area (Å²) in [5, 5.41) is 10.1. The van der Waals surface area contributed by atoms with Crippen LogP contribution in [-0.4, -0.2) is 11.2 Å². The van der Waals surface area contributed by atoms with E-state index in [0.717, 1.165) is 25.7 Å². The summed E-state index contributed by atoms with van der Waals surface area (Å²) in [7, 11) is 0. The summed E-state index contributed by atoms with van der Waals surface area (Å²) >= 11 is 0. The SMILES string of the molecule is CCCC(O)C(CC)(CC)C(C)C. The maximum Gasteiger partial charge on any atom is 0.0598 e. The standard InChI is InChI=1S/C12H26O/c1-6-9-11(13)12(7-2,8-3)10(4)5/h10-11,13H,6-9H2,1-5H3. The van der Waals surface area contributed by atoms with Crippen molar-refractivity contribution in [2.75, 3.05) is 0 Å². The maximum absolute atomic E-state index is 10.1. The largest absolute Gasteiger partial charge is 0.393 e. The topological polar surface area (TPSA) is 20.2 Å². The average molecular weight is 186 g/mol. The predicted molar refractivity (Wildman–Crippen MR) is 58.8 cm³/mol. The van der Waals surface area contributed by atoms with Gasteiger partial charge in [0.2, 0.25) is 0 Å². The second-order valence-corrected chi connectivity index (χ2v) is 4.40. The Bertz CT molecular complexity index is 125. The molecule has 0 heterocycles. The van der Waals surface area contributed by atoms with Crippen LogP contribution in [0, 0.1) is 11.3 Å². The Hall–Kier alpha value is -0.0400. The van der Waals surface area contributed by atoms with Crippen LogP contribution in [0.15, 0.2) is 0 Å². The fourth-order valence-electron chi connectivity index (χ4n) is 2.48. The van der Waals surface area contributed by atoms with Crippen molar-refractivity contribution in [1.29, 1.82) is 0 Å². The molecule has 0 aliphatic rings. The van der Waals surface area contributed by atoms with Gasteiger partial charge in [0.25, 0.3) is 0 Å². The number of hydrogen-bond donors (Lipinski definition) is 1. The van der Waals surface area contributed by atoms with E-state index in [1.807, 2.05) is 0 Å². The van der Waals surface area contributed by atoms with E-state index in [2.05, 4.69) is 34.6 Å². The Balaban J connectivity index is 4.54. The van der Waals surface area contributed by atoms with Crippen molar-refractivity contribution in [1.82, 2.24) is 0 Å². The minimum Gasteiger partial charge on any atom is -0.393 e. The Labute approximate surface area is 83.5 Å². The quantitative estimate of drug-likeness (QED) is 0.672. The first kappa shape index (κ1) is 13.0. The maximum atomic E-state index is 10.1. The number of aliphatic hydroxyl groups excluding tert-OH is 1. The van der Waals surface area contributed by atoms with Gasteiger partial charge in [0.1, 0.15) is 0 Å². The molecule has 0 rings (SSSR count). The zero-order chi connectivity index (χ0) is 10.5. The van der Waals surface area contributed by atoms with Crippen LogP contribution in [0.2, 0.25) is 0 Å². The molecule has 0 saturated heterocycles. The molecule has 1 nitrogen and oxygen atoms in total. The first-order chi connectivity index (χ1) is 6.05. The summed E-state index contributed by atoms with van der Waals surface area (Å²) in [6.45, 7) is 11.0. The van der Waals surface area contributed by atoms with Crippen LogP contribution in [-0.2, 0) is 0 Å². The van der Waals surface area contributed by atoms with Gasteiger partial charge in [-0.3, -0.25) is 0 Å². The molecule has 0 fully saturated rings. The Morgan fingerprint density at radius 1 is 1.08 bits per heavy atom. The summed E-state index contributed by atoms with van der Waals surface area (Å²) in [5.74, 6) is 0.573. The molecule has 0 bridgehead atoms. The van der Waals surface area contributed by atoms with Crippen molar-refractivity contribution in [3.05, 3.63) is 0 Å². The normalized spacial score (nSPS) is 15.0. The van der Waals surface area contributed by atoms with Crippen LogP contribution < -0.4 is 0 Å². The molecule has 13 heavy (non-hydrogen) atoms. The van der Waals surface area contributed by atoms with Crippen molar-refractivity contribution >= 4 is 0 Å². The lowest BCUT2D eigenvalue weighted by Gasteiger charge is -2.40. The molecule has 0 aliphatic heterocycles. The van der Waals surface area contributed by atoms with E-state index in [1.54, 1.807) is 0 Å². The third-order valence-corrected chi connectivity index (χ3v) is 3.69. The highest BCUT2D eigenvalue weighted by atomic mass is 16.3. The number of aliphatic hydroxyl groups is 1. The minimum atomic E-state index is -0.118. The molecule has 0 aromatic rings. The lowest BCUT2D eigenvalue weighted by molar-refractivity contribution is -0.0227. The van der Waals surface area contributed by atoms with E-state index in [1.165, 1.54) is 0 Å². The van der Waals surface area contributed by atoms with Crippen molar-refractivity contribution in [3.63, 3.8) is 0 Å². The molecule has 1 unspecified atom stereocenters. The first-order valence-electron chi connectivity index (χ1n) is 5.73. The van der Waals surface area contributed by atoms with E-state index in [-0.39, 0.29) is 11.5 Å². The lowest BCUT2D eigenvalue weighted by Crippen LogP contribution is -2.38. The molecule has 1 heteroatoms. The molecule has 1 atom stereocenters. The second-order valence-electron chi connectivity index (χ2n) is 4.40. The highest BCUT2D eigenvalue weighted by Gasteiger charge is 2.36. The predicted octanol–water partition coefficient (Wildman–Crippen LogP) is 3.61. The van der Waals surface area contributed by atoms with Crippen LogP contribution >= 0.6 is 0 Å². The second kappa shape index (κ2) is 5.64. The van der Waals surface area contributed by atoms with Gasteiger partial charge in [-0.1, -0.05) is 41.0 Å². The summed E-state index contributed by atoms with van der Waals surface area (Å²) in [6.07, 6.45) is 4.08. The van der Waals surface area contributed by atoms with E-state index >= 15 is 0 Å². The molecule has 0 aromatic heterocycles. The monoisotopic (exact) mass is 186 g/mol. The lowest BCUT2D eigenvalue weighted by atomic mass is 9.68. The fourth-order valence-corrected chi connectivity index (χ4v) is 2.48. The average Bonchev–Trinajstić information content (AvgIpc) is 2.07. The molecular formula is C12H26O.